The highest BCUT2D eigenvalue weighted by atomic mass is 16.3. The van der Waals surface area contributed by atoms with Crippen LogP contribution in [0.5, 0.6) is 0 Å². The van der Waals surface area contributed by atoms with E-state index in [-0.39, 0.29) is 0 Å². The predicted molar refractivity (Wildman–Crippen MR) is 161 cm³/mol. The van der Waals surface area contributed by atoms with Gasteiger partial charge in [0.05, 0.1) is 11.0 Å². The van der Waals surface area contributed by atoms with Crippen molar-refractivity contribution in [2.45, 2.75) is 0 Å². The van der Waals surface area contributed by atoms with Crippen LogP contribution in [0.25, 0.3) is 82.5 Å². The molecule has 0 saturated heterocycles. The molecule has 6 aromatic carbocycles. The molecule has 182 valence electrons. The summed E-state index contributed by atoms with van der Waals surface area (Å²) in [7, 11) is 0. The van der Waals surface area contributed by atoms with Gasteiger partial charge in [-0.25, -0.2) is 0 Å². The molecule has 3 aromatic heterocycles. The van der Waals surface area contributed by atoms with Gasteiger partial charge in [0.25, 0.3) is 0 Å². The molecular formula is C36H21NO2. The molecule has 0 aliphatic carbocycles. The number of para-hydroxylation sites is 3. The summed E-state index contributed by atoms with van der Waals surface area (Å²) in [5, 5.41) is 7.01. The van der Waals surface area contributed by atoms with Crippen molar-refractivity contribution in [3.8, 4) is 16.8 Å². The number of hydrogen-bond acceptors (Lipinski definition) is 2. The van der Waals surface area contributed by atoms with E-state index in [1.165, 1.54) is 21.8 Å². The average molecular weight is 500 g/mol. The maximum atomic E-state index is 6.49. The summed E-state index contributed by atoms with van der Waals surface area (Å²) in [5.41, 5.74) is 9.36. The summed E-state index contributed by atoms with van der Waals surface area (Å²) in [6, 6.07) is 44.7. The minimum absolute atomic E-state index is 0.881. The Bertz CT molecular complexity index is 2350. The van der Waals surface area contributed by atoms with Crippen molar-refractivity contribution < 1.29 is 8.83 Å². The molecule has 0 radical (unpaired) electrons. The Morgan fingerprint density at radius 3 is 1.90 bits per heavy atom. The first-order chi connectivity index (χ1) is 19.3. The zero-order chi connectivity index (χ0) is 25.5. The summed E-state index contributed by atoms with van der Waals surface area (Å²) >= 11 is 0. The largest absolute Gasteiger partial charge is 0.456 e. The lowest BCUT2D eigenvalue weighted by molar-refractivity contribution is 0.668. The van der Waals surface area contributed by atoms with Crippen molar-refractivity contribution in [3.05, 3.63) is 127 Å². The lowest BCUT2D eigenvalue weighted by Gasteiger charge is -2.08. The van der Waals surface area contributed by atoms with Gasteiger partial charge in [-0.05, 0) is 59.7 Å². The Labute approximate surface area is 223 Å². The van der Waals surface area contributed by atoms with Gasteiger partial charge in [-0.3, -0.25) is 0 Å². The van der Waals surface area contributed by atoms with Crippen LogP contribution in [0.2, 0.25) is 0 Å². The fraction of sp³-hybridized carbons (Fsp3) is 0. The Kier molecular flexibility index (Phi) is 4.05. The molecular weight excluding hydrogens is 478 g/mol. The molecule has 3 heterocycles. The van der Waals surface area contributed by atoms with Crippen molar-refractivity contribution in [3.63, 3.8) is 0 Å². The van der Waals surface area contributed by atoms with Crippen LogP contribution in [0.15, 0.2) is 136 Å². The number of fused-ring (bicyclic) bond motifs is 9. The van der Waals surface area contributed by atoms with E-state index in [1.807, 2.05) is 12.1 Å². The maximum Gasteiger partial charge on any atom is 0.137 e. The number of rotatable bonds is 2. The Morgan fingerprint density at radius 2 is 1.08 bits per heavy atom. The first kappa shape index (κ1) is 20.7. The highest BCUT2D eigenvalue weighted by Crippen LogP contribution is 2.40. The highest BCUT2D eigenvalue weighted by Gasteiger charge is 2.17. The molecule has 39 heavy (non-hydrogen) atoms. The molecule has 3 heteroatoms. The van der Waals surface area contributed by atoms with Crippen LogP contribution in [0.1, 0.15) is 0 Å². The molecule has 0 aliphatic heterocycles. The molecule has 0 fully saturated rings. The SMILES string of the molecule is c1ccc2c(c1)oc1ccc(-c3cccc4oc5cc(-n6c7ccccc7c7ccccc76)ccc5c34)cc12. The van der Waals surface area contributed by atoms with Gasteiger partial charge in [-0.2, -0.15) is 0 Å². The third-order valence-corrected chi connectivity index (χ3v) is 8.01. The van der Waals surface area contributed by atoms with Crippen LogP contribution in [0.4, 0.5) is 0 Å². The molecule has 3 nitrogen and oxygen atoms in total. The van der Waals surface area contributed by atoms with Gasteiger partial charge in [-0.15, -0.1) is 0 Å². The summed E-state index contributed by atoms with van der Waals surface area (Å²) in [4.78, 5) is 0. The minimum Gasteiger partial charge on any atom is -0.456 e. The second kappa shape index (κ2) is 7.62. The third kappa shape index (κ3) is 2.87. The van der Waals surface area contributed by atoms with E-state index in [1.54, 1.807) is 0 Å². The van der Waals surface area contributed by atoms with E-state index in [4.69, 9.17) is 8.83 Å². The van der Waals surface area contributed by atoms with Crippen molar-refractivity contribution in [1.29, 1.82) is 0 Å². The average Bonchev–Trinajstić information content (AvgIpc) is 3.65. The Morgan fingerprint density at radius 1 is 0.410 bits per heavy atom. The van der Waals surface area contributed by atoms with Crippen molar-refractivity contribution >= 4 is 65.7 Å². The number of benzene rings is 6. The van der Waals surface area contributed by atoms with E-state index in [0.29, 0.717) is 0 Å². The second-order valence-electron chi connectivity index (χ2n) is 10.1. The van der Waals surface area contributed by atoms with Gasteiger partial charge in [0, 0.05) is 44.1 Å². The quantitative estimate of drug-likeness (QED) is 0.237. The van der Waals surface area contributed by atoms with Crippen molar-refractivity contribution in [2.75, 3.05) is 0 Å². The molecule has 0 bridgehead atoms. The van der Waals surface area contributed by atoms with Crippen LogP contribution in [-0.4, -0.2) is 4.57 Å². The molecule has 0 atom stereocenters. The van der Waals surface area contributed by atoms with Crippen LogP contribution in [0.3, 0.4) is 0 Å². The van der Waals surface area contributed by atoms with Gasteiger partial charge in [0.2, 0.25) is 0 Å². The molecule has 0 aliphatic rings. The van der Waals surface area contributed by atoms with Gasteiger partial charge in [0.15, 0.2) is 0 Å². The van der Waals surface area contributed by atoms with Gasteiger partial charge >= 0.3 is 0 Å². The predicted octanol–water partition coefficient (Wildman–Crippen LogP) is 10.2. The lowest BCUT2D eigenvalue weighted by atomic mass is 9.98. The zero-order valence-corrected chi connectivity index (χ0v) is 20.9. The number of aromatic nitrogens is 1. The molecule has 0 unspecified atom stereocenters. The first-order valence-electron chi connectivity index (χ1n) is 13.2. The number of furan rings is 2. The number of nitrogens with zero attached hydrogens (tertiary/aromatic N) is 1. The molecule has 0 saturated carbocycles. The van der Waals surface area contributed by atoms with Crippen LogP contribution in [0, 0.1) is 0 Å². The summed E-state index contributed by atoms with van der Waals surface area (Å²) in [5.74, 6) is 0. The van der Waals surface area contributed by atoms with E-state index < -0.39 is 0 Å². The molecule has 9 aromatic rings. The van der Waals surface area contributed by atoms with Gasteiger partial charge in [0.1, 0.15) is 22.3 Å². The molecule has 0 amide bonds. The lowest BCUT2D eigenvalue weighted by Crippen LogP contribution is -1.93. The fourth-order valence-corrected chi connectivity index (χ4v) is 6.29. The zero-order valence-electron chi connectivity index (χ0n) is 20.9. The summed E-state index contributed by atoms with van der Waals surface area (Å²) in [6.45, 7) is 0. The first-order valence-corrected chi connectivity index (χ1v) is 13.2. The maximum absolute atomic E-state index is 6.49. The number of hydrogen-bond donors (Lipinski definition) is 0. The van der Waals surface area contributed by atoms with Crippen LogP contribution >= 0.6 is 0 Å². The van der Waals surface area contributed by atoms with E-state index >= 15 is 0 Å². The van der Waals surface area contributed by atoms with Gasteiger partial charge in [-0.1, -0.05) is 72.8 Å². The minimum atomic E-state index is 0.881. The Balaban J connectivity index is 1.28. The van der Waals surface area contributed by atoms with Gasteiger partial charge < -0.3 is 13.4 Å². The van der Waals surface area contributed by atoms with E-state index in [2.05, 4.69) is 120 Å². The van der Waals surface area contributed by atoms with Crippen molar-refractivity contribution in [1.82, 2.24) is 4.57 Å². The van der Waals surface area contributed by atoms with Crippen LogP contribution in [-0.2, 0) is 0 Å². The van der Waals surface area contributed by atoms with E-state index in [9.17, 15) is 0 Å². The third-order valence-electron chi connectivity index (χ3n) is 8.01. The fourth-order valence-electron chi connectivity index (χ4n) is 6.29. The molecule has 0 N–H and O–H groups in total. The smallest absolute Gasteiger partial charge is 0.137 e. The van der Waals surface area contributed by atoms with Crippen LogP contribution < -0.4 is 0 Å². The second-order valence-corrected chi connectivity index (χ2v) is 10.1. The van der Waals surface area contributed by atoms with E-state index in [0.717, 1.165) is 60.7 Å². The Hall–Kier alpha value is -5.28. The van der Waals surface area contributed by atoms with Crippen molar-refractivity contribution in [2.24, 2.45) is 0 Å². The molecule has 0 spiro atoms. The summed E-state index contributed by atoms with van der Waals surface area (Å²) < 4.78 is 14.9. The highest BCUT2D eigenvalue weighted by molar-refractivity contribution is 6.15. The monoisotopic (exact) mass is 499 g/mol. The molecule has 9 rings (SSSR count). The standard InChI is InChI=1S/C36H21NO2/c1-4-12-30-25(8-1)26-9-2-5-13-31(26)37(30)23-17-18-28-35(21-23)39-34-15-7-11-24(36(28)34)22-16-19-33-29(20-22)27-10-3-6-14-32(27)38-33/h1-21H. The topological polar surface area (TPSA) is 31.2 Å². The normalized spacial score (nSPS) is 12.1. The summed E-state index contributed by atoms with van der Waals surface area (Å²) in [6.07, 6.45) is 0.